The van der Waals surface area contributed by atoms with Crippen molar-refractivity contribution in [3.63, 3.8) is 0 Å². The molecule has 3 atom stereocenters. The molecule has 1 saturated heterocycles. The van der Waals surface area contributed by atoms with Crippen molar-refractivity contribution in [1.82, 2.24) is 5.32 Å². The van der Waals surface area contributed by atoms with Gasteiger partial charge in [-0.2, -0.15) is 0 Å². The molecule has 0 aromatic heterocycles. The van der Waals surface area contributed by atoms with Crippen LogP contribution in [-0.2, 0) is 17.6 Å². The van der Waals surface area contributed by atoms with Gasteiger partial charge in [0.25, 0.3) is 0 Å². The molecule has 104 valence electrons. The molecular weight excluding hydrogens is 234 g/mol. The van der Waals surface area contributed by atoms with Gasteiger partial charge in [-0.1, -0.05) is 18.2 Å². The van der Waals surface area contributed by atoms with E-state index < -0.39 is 0 Å². The lowest BCUT2D eigenvalue weighted by atomic mass is 9.84. The predicted octanol–water partition coefficient (Wildman–Crippen LogP) is 3.25. The molecule has 3 unspecified atom stereocenters. The van der Waals surface area contributed by atoms with Crippen molar-refractivity contribution < 1.29 is 4.74 Å². The fourth-order valence-electron chi connectivity index (χ4n) is 3.76. The largest absolute Gasteiger partial charge is 0.378 e. The zero-order chi connectivity index (χ0) is 13.2. The van der Waals surface area contributed by atoms with Crippen molar-refractivity contribution >= 4 is 0 Å². The summed E-state index contributed by atoms with van der Waals surface area (Å²) < 4.78 is 5.74. The Labute approximate surface area is 116 Å². The van der Waals surface area contributed by atoms with Crippen LogP contribution in [0.2, 0.25) is 0 Å². The van der Waals surface area contributed by atoms with Gasteiger partial charge < -0.3 is 10.1 Å². The third-order valence-electron chi connectivity index (χ3n) is 4.91. The van der Waals surface area contributed by atoms with Crippen molar-refractivity contribution in [3.05, 3.63) is 34.9 Å². The summed E-state index contributed by atoms with van der Waals surface area (Å²) in [5, 5.41) is 3.52. The Morgan fingerprint density at radius 3 is 2.68 bits per heavy atom. The zero-order valence-electron chi connectivity index (χ0n) is 12.1. The van der Waals surface area contributed by atoms with Crippen LogP contribution in [0.25, 0.3) is 0 Å². The first-order valence-corrected chi connectivity index (χ1v) is 7.70. The molecule has 0 spiro atoms. The summed E-state index contributed by atoms with van der Waals surface area (Å²) in [6.45, 7) is 3.12. The molecular formula is C17H25NO. The number of ether oxygens (including phenoxy) is 1. The van der Waals surface area contributed by atoms with E-state index in [0.717, 1.165) is 6.61 Å². The number of fused-ring (bicyclic) bond motifs is 1. The van der Waals surface area contributed by atoms with Crippen LogP contribution in [0.1, 0.15) is 48.9 Å². The lowest BCUT2D eigenvalue weighted by molar-refractivity contribution is 0.0963. The maximum atomic E-state index is 5.74. The summed E-state index contributed by atoms with van der Waals surface area (Å²) in [6, 6.07) is 7.57. The van der Waals surface area contributed by atoms with Crippen LogP contribution < -0.4 is 5.32 Å². The molecule has 2 aliphatic rings. The summed E-state index contributed by atoms with van der Waals surface area (Å²) in [5.74, 6) is 0.603. The van der Waals surface area contributed by atoms with Crippen molar-refractivity contribution in [1.29, 1.82) is 0 Å². The number of rotatable bonds is 3. The predicted molar refractivity (Wildman–Crippen MR) is 78.4 cm³/mol. The highest BCUT2D eigenvalue weighted by Crippen LogP contribution is 2.34. The molecule has 0 amide bonds. The highest BCUT2D eigenvalue weighted by Gasteiger charge is 2.32. The minimum Gasteiger partial charge on any atom is -0.378 e. The fourth-order valence-corrected chi connectivity index (χ4v) is 3.76. The van der Waals surface area contributed by atoms with Gasteiger partial charge in [0.05, 0.1) is 6.10 Å². The van der Waals surface area contributed by atoms with E-state index in [4.69, 9.17) is 4.74 Å². The molecule has 0 saturated carbocycles. The van der Waals surface area contributed by atoms with Crippen LogP contribution >= 0.6 is 0 Å². The number of aryl methyl sites for hydroxylation is 2. The summed E-state index contributed by atoms with van der Waals surface area (Å²) in [4.78, 5) is 0. The van der Waals surface area contributed by atoms with Crippen LogP contribution in [0.4, 0.5) is 0 Å². The van der Waals surface area contributed by atoms with Crippen molar-refractivity contribution in [2.75, 3.05) is 13.7 Å². The molecule has 1 fully saturated rings. The quantitative estimate of drug-likeness (QED) is 0.899. The van der Waals surface area contributed by atoms with Crippen LogP contribution in [0, 0.1) is 5.92 Å². The van der Waals surface area contributed by atoms with Gasteiger partial charge in [0, 0.05) is 18.6 Å². The lowest BCUT2D eigenvalue weighted by Crippen LogP contribution is -2.29. The molecule has 3 rings (SSSR count). The fraction of sp³-hybridized carbons (Fsp3) is 0.647. The summed E-state index contributed by atoms with van der Waals surface area (Å²) in [7, 11) is 2.08. The number of hydrogen-bond donors (Lipinski definition) is 1. The normalized spacial score (nSPS) is 28.1. The Bertz CT molecular complexity index is 443. The summed E-state index contributed by atoms with van der Waals surface area (Å²) >= 11 is 0. The zero-order valence-corrected chi connectivity index (χ0v) is 12.1. The van der Waals surface area contributed by atoms with Gasteiger partial charge in [-0.3, -0.25) is 0 Å². The molecule has 19 heavy (non-hydrogen) atoms. The van der Waals surface area contributed by atoms with E-state index in [0.29, 0.717) is 18.1 Å². The molecule has 1 aliphatic heterocycles. The Balaban J connectivity index is 1.86. The molecule has 1 aliphatic carbocycles. The molecule has 2 nitrogen and oxygen atoms in total. The van der Waals surface area contributed by atoms with Gasteiger partial charge in [0.15, 0.2) is 0 Å². The first-order chi connectivity index (χ1) is 9.29. The summed E-state index contributed by atoms with van der Waals surface area (Å²) in [6.07, 6.45) is 6.77. The van der Waals surface area contributed by atoms with E-state index in [1.54, 1.807) is 11.1 Å². The van der Waals surface area contributed by atoms with E-state index >= 15 is 0 Å². The second-order valence-electron chi connectivity index (χ2n) is 6.03. The van der Waals surface area contributed by atoms with Gasteiger partial charge in [-0.15, -0.1) is 0 Å². The van der Waals surface area contributed by atoms with Gasteiger partial charge >= 0.3 is 0 Å². The van der Waals surface area contributed by atoms with Crippen LogP contribution in [0.15, 0.2) is 18.2 Å². The van der Waals surface area contributed by atoms with Crippen LogP contribution in [-0.4, -0.2) is 19.8 Å². The second kappa shape index (κ2) is 5.64. The van der Waals surface area contributed by atoms with E-state index in [-0.39, 0.29) is 0 Å². The molecule has 0 bridgehead atoms. The Kier molecular flexibility index (Phi) is 3.90. The van der Waals surface area contributed by atoms with Crippen molar-refractivity contribution in [2.24, 2.45) is 5.92 Å². The Morgan fingerprint density at radius 2 is 2.00 bits per heavy atom. The second-order valence-corrected chi connectivity index (χ2v) is 6.03. The van der Waals surface area contributed by atoms with E-state index in [1.807, 2.05) is 0 Å². The van der Waals surface area contributed by atoms with Gasteiger partial charge in [-0.05, 0) is 62.8 Å². The minimum atomic E-state index is 0.369. The first kappa shape index (κ1) is 13.1. The maximum absolute atomic E-state index is 5.74. The topological polar surface area (TPSA) is 21.3 Å². The van der Waals surface area contributed by atoms with E-state index in [1.165, 1.54) is 37.7 Å². The number of hydrogen-bond acceptors (Lipinski definition) is 2. The van der Waals surface area contributed by atoms with Gasteiger partial charge in [0.2, 0.25) is 0 Å². The molecule has 1 N–H and O–H groups in total. The SMILES string of the molecule is CNC(c1ccc2c(c1)CCCC2)C1CCOC1C. The third-order valence-corrected chi connectivity index (χ3v) is 4.91. The molecule has 0 radical (unpaired) electrons. The van der Waals surface area contributed by atoms with Crippen molar-refractivity contribution in [3.8, 4) is 0 Å². The average Bonchev–Trinajstić information content (AvgIpc) is 2.86. The van der Waals surface area contributed by atoms with Gasteiger partial charge in [0.1, 0.15) is 0 Å². The molecule has 1 aromatic rings. The Morgan fingerprint density at radius 1 is 1.21 bits per heavy atom. The molecule has 2 heteroatoms. The van der Waals surface area contributed by atoms with Gasteiger partial charge in [-0.25, -0.2) is 0 Å². The lowest BCUT2D eigenvalue weighted by Gasteiger charge is -2.27. The highest BCUT2D eigenvalue weighted by molar-refractivity contribution is 5.35. The third kappa shape index (κ3) is 2.56. The number of benzene rings is 1. The smallest absolute Gasteiger partial charge is 0.0594 e. The molecule has 1 heterocycles. The highest BCUT2D eigenvalue weighted by atomic mass is 16.5. The standard InChI is InChI=1S/C17H25NO/c1-12-16(9-10-19-12)17(18-2)15-8-7-13-5-3-4-6-14(13)11-15/h7-8,11-12,16-18H,3-6,9-10H2,1-2H3. The summed E-state index contributed by atoms with van der Waals surface area (Å²) in [5.41, 5.74) is 4.60. The van der Waals surface area contributed by atoms with Crippen LogP contribution in [0.5, 0.6) is 0 Å². The van der Waals surface area contributed by atoms with Crippen LogP contribution in [0.3, 0.4) is 0 Å². The average molecular weight is 259 g/mol. The molecule has 1 aromatic carbocycles. The minimum absolute atomic E-state index is 0.369. The monoisotopic (exact) mass is 259 g/mol. The maximum Gasteiger partial charge on any atom is 0.0594 e. The van der Waals surface area contributed by atoms with Crippen molar-refractivity contribution in [2.45, 2.75) is 51.2 Å². The van der Waals surface area contributed by atoms with E-state index in [9.17, 15) is 0 Å². The van der Waals surface area contributed by atoms with E-state index in [2.05, 4.69) is 37.5 Å². The Hall–Kier alpha value is -0.860. The number of nitrogens with one attached hydrogen (secondary N) is 1. The first-order valence-electron chi connectivity index (χ1n) is 7.70.